The molecule has 0 bridgehead atoms. The fourth-order valence-corrected chi connectivity index (χ4v) is 7.47. The summed E-state index contributed by atoms with van der Waals surface area (Å²) in [7, 11) is -2.28. The molecule has 2 aliphatic rings. The van der Waals surface area contributed by atoms with Gasteiger partial charge in [-0.25, -0.2) is 17.6 Å². The summed E-state index contributed by atoms with van der Waals surface area (Å²) in [6.45, 7) is 6.43. The van der Waals surface area contributed by atoms with E-state index in [2.05, 4.69) is 10.2 Å². The van der Waals surface area contributed by atoms with Gasteiger partial charge >= 0.3 is 12.1 Å². The number of alkyl halides is 3. The van der Waals surface area contributed by atoms with Crippen LogP contribution in [-0.2, 0) is 34.5 Å². The number of carbonyl (C=O) groups excluding carboxylic acids is 1. The molecule has 1 saturated heterocycles. The number of nitrogens with zero attached hydrogens (tertiary/aromatic N) is 2. The molecule has 15 heteroatoms. The van der Waals surface area contributed by atoms with Crippen LogP contribution in [-0.4, -0.2) is 67.0 Å². The Bertz CT molecular complexity index is 1680. The number of aliphatic carboxylic acids is 1. The number of ether oxygens (including phenoxy) is 1. The lowest BCUT2D eigenvalue weighted by Gasteiger charge is -2.23. The molecule has 5 rings (SSSR count). The van der Waals surface area contributed by atoms with E-state index < -0.39 is 28.1 Å². The number of hydrogen-bond donors (Lipinski definition) is 2. The van der Waals surface area contributed by atoms with Gasteiger partial charge in [0.25, 0.3) is 5.91 Å². The number of furan rings is 1. The molecule has 0 spiro atoms. The Balaban J connectivity index is 0.000000644. The Hall–Kier alpha value is -3.95. The average molecular weight is 684 g/mol. The Morgan fingerprint density at radius 2 is 1.70 bits per heavy atom. The third-order valence-electron chi connectivity index (χ3n) is 7.81. The largest absolute Gasteiger partial charge is 0.497 e. The molecule has 3 aromatic rings. The van der Waals surface area contributed by atoms with Crippen LogP contribution in [0, 0.1) is 19.7 Å². The van der Waals surface area contributed by atoms with Gasteiger partial charge in [0, 0.05) is 24.7 Å². The van der Waals surface area contributed by atoms with Crippen molar-refractivity contribution < 1.29 is 49.8 Å². The summed E-state index contributed by atoms with van der Waals surface area (Å²) < 4.78 is 86.1. The maximum atomic E-state index is 14.5. The first kappa shape index (κ1) is 35.9. The minimum atomic E-state index is -5.08. The molecule has 2 aromatic carbocycles. The molecule has 2 fully saturated rings. The Morgan fingerprint density at radius 1 is 1.09 bits per heavy atom. The molecule has 256 valence electrons. The molecule has 2 N–H and O–H groups in total. The van der Waals surface area contributed by atoms with Crippen LogP contribution < -0.4 is 10.1 Å². The van der Waals surface area contributed by atoms with Crippen molar-refractivity contribution in [3.8, 4) is 5.75 Å². The normalized spacial score (nSPS) is 15.3. The number of carbonyl (C=O) groups is 2. The number of hydrogen-bond acceptors (Lipinski definition) is 7. The third kappa shape index (κ3) is 9.32. The molecule has 1 aliphatic heterocycles. The molecule has 1 saturated carbocycles. The van der Waals surface area contributed by atoms with E-state index in [9.17, 15) is 30.8 Å². The molecule has 0 atom stereocenters. The van der Waals surface area contributed by atoms with Gasteiger partial charge in [-0.05, 0) is 99.6 Å². The van der Waals surface area contributed by atoms with Gasteiger partial charge in [-0.3, -0.25) is 9.69 Å². The van der Waals surface area contributed by atoms with Crippen LogP contribution in [0.25, 0.3) is 0 Å². The second-order valence-corrected chi connectivity index (χ2v) is 13.4. The minimum absolute atomic E-state index is 0.0123. The standard InChI is InChI=1S/C30H36FN3O5S.C2HF3O2/c1-20-12-26(38-3)13-21(2)29(20)40(36,37)34(25-7-8-25)18-27-15-24(19-39-27)30(35)32-16-23-14-22(6-9-28(23)31)17-33-10-4-5-11-33;3-2(4,5)1(6)7/h6,9,12-15,19,25H,4-5,7-8,10-11,16-18H2,1-3H3,(H,32,35);(H,6,7). The highest BCUT2D eigenvalue weighted by atomic mass is 32.2. The van der Waals surface area contributed by atoms with Crippen LogP contribution in [0.2, 0.25) is 0 Å². The number of carboxylic acids is 1. The summed E-state index contributed by atoms with van der Waals surface area (Å²) in [5.41, 5.74) is 2.91. The van der Waals surface area contributed by atoms with Gasteiger partial charge in [0.05, 0.1) is 24.1 Å². The number of amides is 1. The third-order valence-corrected chi connectivity index (χ3v) is 10.0. The van der Waals surface area contributed by atoms with Gasteiger partial charge in [-0.1, -0.05) is 6.07 Å². The van der Waals surface area contributed by atoms with Crippen molar-refractivity contribution in [1.29, 1.82) is 0 Å². The Kier molecular flexibility index (Phi) is 11.4. The van der Waals surface area contributed by atoms with Crippen molar-refractivity contribution in [3.05, 3.63) is 82.1 Å². The number of carboxylic acid groups (broad SMARTS) is 1. The van der Waals surface area contributed by atoms with Crippen LogP contribution in [0.5, 0.6) is 5.75 Å². The molecule has 0 unspecified atom stereocenters. The predicted octanol–water partition coefficient (Wildman–Crippen LogP) is 5.56. The van der Waals surface area contributed by atoms with Crippen molar-refractivity contribution >= 4 is 21.9 Å². The molecule has 0 radical (unpaired) electrons. The van der Waals surface area contributed by atoms with Gasteiger partial charge in [0.2, 0.25) is 10.0 Å². The summed E-state index contributed by atoms with van der Waals surface area (Å²) in [4.78, 5) is 24.4. The van der Waals surface area contributed by atoms with Crippen LogP contribution in [0.4, 0.5) is 17.6 Å². The van der Waals surface area contributed by atoms with E-state index in [1.807, 2.05) is 0 Å². The second kappa shape index (κ2) is 14.9. The molecule has 10 nitrogen and oxygen atoms in total. The van der Waals surface area contributed by atoms with E-state index in [1.54, 1.807) is 51.3 Å². The van der Waals surface area contributed by atoms with Crippen LogP contribution >= 0.6 is 0 Å². The SMILES string of the molecule is COc1cc(C)c(S(=O)(=O)N(Cc2cc(C(=O)NCc3cc(CN4CCCC4)ccc3F)co2)C2CC2)c(C)c1.O=C(O)C(F)(F)F. The predicted molar refractivity (Wildman–Crippen MR) is 163 cm³/mol. The quantitative estimate of drug-likeness (QED) is 0.252. The van der Waals surface area contributed by atoms with Gasteiger partial charge < -0.3 is 19.6 Å². The van der Waals surface area contributed by atoms with Crippen molar-refractivity contribution in [2.24, 2.45) is 0 Å². The van der Waals surface area contributed by atoms with Crippen molar-refractivity contribution in [2.45, 2.75) is 76.3 Å². The topological polar surface area (TPSA) is 129 Å². The zero-order valence-electron chi connectivity index (χ0n) is 26.2. The Morgan fingerprint density at radius 3 is 2.26 bits per heavy atom. The highest BCUT2D eigenvalue weighted by molar-refractivity contribution is 7.89. The summed E-state index contributed by atoms with van der Waals surface area (Å²) in [5.74, 6) is -2.57. The molecule has 47 heavy (non-hydrogen) atoms. The molecule has 1 aliphatic carbocycles. The fourth-order valence-electron chi connectivity index (χ4n) is 5.40. The second-order valence-electron chi connectivity index (χ2n) is 11.6. The van der Waals surface area contributed by atoms with E-state index in [1.165, 1.54) is 29.5 Å². The smallest absolute Gasteiger partial charge is 0.490 e. The highest BCUT2D eigenvalue weighted by Gasteiger charge is 2.40. The van der Waals surface area contributed by atoms with Crippen LogP contribution in [0.3, 0.4) is 0 Å². The van der Waals surface area contributed by atoms with Gasteiger partial charge in [-0.15, -0.1) is 0 Å². The van der Waals surface area contributed by atoms with E-state index in [-0.39, 0.29) is 35.4 Å². The van der Waals surface area contributed by atoms with E-state index in [4.69, 9.17) is 19.1 Å². The van der Waals surface area contributed by atoms with Gasteiger partial charge in [0.15, 0.2) is 0 Å². The number of methoxy groups -OCH3 is 1. The van der Waals surface area contributed by atoms with Gasteiger partial charge in [-0.2, -0.15) is 17.5 Å². The van der Waals surface area contributed by atoms with Crippen molar-refractivity contribution in [1.82, 2.24) is 14.5 Å². The van der Waals surface area contributed by atoms with Crippen LogP contribution in [0.15, 0.2) is 52.0 Å². The summed E-state index contributed by atoms with van der Waals surface area (Å²) in [5, 5.41) is 9.89. The highest BCUT2D eigenvalue weighted by Crippen LogP contribution is 2.36. The zero-order chi connectivity index (χ0) is 34.5. The number of rotatable bonds is 11. The number of halogens is 4. The minimum Gasteiger partial charge on any atom is -0.497 e. The first-order chi connectivity index (χ1) is 22.1. The number of benzene rings is 2. The van der Waals surface area contributed by atoms with Crippen molar-refractivity contribution in [2.75, 3.05) is 20.2 Å². The molecular formula is C32H37F4N3O7S. The zero-order valence-corrected chi connectivity index (χ0v) is 27.0. The number of sulfonamides is 1. The van der Waals surface area contributed by atoms with E-state index >= 15 is 0 Å². The lowest BCUT2D eigenvalue weighted by atomic mass is 10.1. The average Bonchev–Trinajstić information content (AvgIpc) is 3.48. The first-order valence-corrected chi connectivity index (χ1v) is 16.4. The lowest BCUT2D eigenvalue weighted by molar-refractivity contribution is -0.192. The molecule has 1 amide bonds. The number of nitrogens with one attached hydrogen (secondary N) is 1. The maximum absolute atomic E-state index is 14.5. The Labute approximate surface area is 270 Å². The fraction of sp³-hybridized carbons (Fsp3) is 0.438. The van der Waals surface area contributed by atoms with Crippen molar-refractivity contribution in [3.63, 3.8) is 0 Å². The molecule has 1 aromatic heterocycles. The van der Waals surface area contributed by atoms with E-state index in [0.29, 0.717) is 28.2 Å². The number of aryl methyl sites for hydroxylation is 2. The van der Waals surface area contributed by atoms with E-state index in [0.717, 1.165) is 38.0 Å². The monoisotopic (exact) mass is 683 g/mol. The maximum Gasteiger partial charge on any atom is 0.490 e. The molecular weight excluding hydrogens is 646 g/mol. The summed E-state index contributed by atoms with van der Waals surface area (Å²) in [6.07, 6.45) is 0.129. The molecule has 2 heterocycles. The first-order valence-electron chi connectivity index (χ1n) is 14.9. The lowest BCUT2D eigenvalue weighted by Crippen LogP contribution is -2.33. The van der Waals surface area contributed by atoms with Crippen LogP contribution in [0.1, 0.15) is 64.1 Å². The summed E-state index contributed by atoms with van der Waals surface area (Å²) in [6, 6.07) is 9.89. The summed E-state index contributed by atoms with van der Waals surface area (Å²) >= 11 is 0. The van der Waals surface area contributed by atoms with Gasteiger partial charge in [0.1, 0.15) is 23.6 Å². The number of likely N-dealkylation sites (tertiary alicyclic amines) is 1.